The molecule has 2 aromatic carbocycles. The van der Waals surface area contributed by atoms with E-state index in [0.717, 1.165) is 23.7 Å². The van der Waals surface area contributed by atoms with Crippen LogP contribution in [-0.4, -0.2) is 24.9 Å². The number of nitrogens with zero attached hydrogens (tertiary/aromatic N) is 2. The number of amides is 2. The molecule has 2 aliphatic heterocycles. The van der Waals surface area contributed by atoms with Crippen molar-refractivity contribution in [1.29, 1.82) is 0 Å². The lowest BCUT2D eigenvalue weighted by Gasteiger charge is -2.29. The van der Waals surface area contributed by atoms with Gasteiger partial charge in [0.05, 0.1) is 11.3 Å². The molecule has 2 aromatic rings. The number of hydrogen-bond acceptors (Lipinski definition) is 3. The average molecular weight is 367 g/mol. The van der Waals surface area contributed by atoms with Crippen molar-refractivity contribution in [3.8, 4) is 0 Å². The van der Waals surface area contributed by atoms with E-state index in [0.29, 0.717) is 11.3 Å². The van der Waals surface area contributed by atoms with Gasteiger partial charge in [0.15, 0.2) is 0 Å². The third kappa shape index (κ3) is 2.90. The first kappa shape index (κ1) is 16.9. The lowest BCUT2D eigenvalue weighted by Crippen LogP contribution is -2.31. The van der Waals surface area contributed by atoms with Gasteiger partial charge in [0.1, 0.15) is 5.03 Å². The number of rotatable bonds is 3. The first-order valence-electron chi connectivity index (χ1n) is 8.86. The molecular weight excluding hydrogens is 348 g/mol. The first-order chi connectivity index (χ1) is 12.7. The van der Waals surface area contributed by atoms with Crippen LogP contribution in [0.25, 0.3) is 5.57 Å². The summed E-state index contributed by atoms with van der Waals surface area (Å²) < 4.78 is 0. The number of carbonyl (C=O) groups excluding carboxylic acids is 2. The summed E-state index contributed by atoms with van der Waals surface area (Å²) in [6.45, 7) is 2.10. The molecule has 5 heteroatoms. The Bertz CT molecular complexity index is 869. The van der Waals surface area contributed by atoms with Gasteiger partial charge < -0.3 is 4.90 Å². The average Bonchev–Trinajstić information content (AvgIpc) is 2.92. The molecule has 0 atom stereocenters. The van der Waals surface area contributed by atoms with Crippen molar-refractivity contribution < 1.29 is 9.59 Å². The minimum atomic E-state index is -0.471. The van der Waals surface area contributed by atoms with Gasteiger partial charge >= 0.3 is 0 Å². The SMILES string of the molecule is O=C1C(Cl)=C(c2ccccc2)C(=O)N1c1ccc(N2CCCCC2)cc1. The highest BCUT2D eigenvalue weighted by Gasteiger charge is 2.39. The van der Waals surface area contributed by atoms with Crippen molar-refractivity contribution in [3.63, 3.8) is 0 Å². The van der Waals surface area contributed by atoms with Gasteiger partial charge in [-0.15, -0.1) is 0 Å². The van der Waals surface area contributed by atoms with Crippen LogP contribution >= 0.6 is 11.6 Å². The van der Waals surface area contributed by atoms with Gasteiger partial charge in [-0.1, -0.05) is 41.9 Å². The number of carbonyl (C=O) groups is 2. The zero-order chi connectivity index (χ0) is 18.1. The minimum Gasteiger partial charge on any atom is -0.372 e. The summed E-state index contributed by atoms with van der Waals surface area (Å²) in [5.41, 5.74) is 2.58. The molecule has 1 fully saturated rings. The summed E-state index contributed by atoms with van der Waals surface area (Å²) >= 11 is 6.22. The quantitative estimate of drug-likeness (QED) is 0.764. The molecule has 2 heterocycles. The Kier molecular flexibility index (Phi) is 4.51. The van der Waals surface area contributed by atoms with E-state index in [-0.39, 0.29) is 16.5 Å². The van der Waals surface area contributed by atoms with E-state index in [2.05, 4.69) is 4.90 Å². The van der Waals surface area contributed by atoms with Crippen molar-refractivity contribution in [3.05, 3.63) is 65.2 Å². The van der Waals surface area contributed by atoms with E-state index in [1.807, 2.05) is 42.5 Å². The van der Waals surface area contributed by atoms with Crippen LogP contribution in [0.2, 0.25) is 0 Å². The van der Waals surface area contributed by atoms with Gasteiger partial charge in [-0.05, 0) is 49.1 Å². The molecule has 0 spiro atoms. The molecule has 0 aromatic heterocycles. The largest absolute Gasteiger partial charge is 0.372 e. The first-order valence-corrected chi connectivity index (χ1v) is 9.23. The van der Waals surface area contributed by atoms with Crippen LogP contribution in [0.5, 0.6) is 0 Å². The molecule has 0 aliphatic carbocycles. The Morgan fingerprint density at radius 2 is 1.35 bits per heavy atom. The second-order valence-corrected chi connectivity index (χ2v) is 6.94. The van der Waals surface area contributed by atoms with Crippen molar-refractivity contribution >= 4 is 40.4 Å². The summed E-state index contributed by atoms with van der Waals surface area (Å²) in [5, 5.41) is -0.0266. The van der Waals surface area contributed by atoms with Gasteiger partial charge in [0, 0.05) is 18.8 Å². The second-order valence-electron chi connectivity index (χ2n) is 6.56. The third-order valence-corrected chi connectivity index (χ3v) is 5.27. The summed E-state index contributed by atoms with van der Waals surface area (Å²) in [6, 6.07) is 16.6. The highest BCUT2D eigenvalue weighted by atomic mass is 35.5. The van der Waals surface area contributed by atoms with Crippen LogP contribution in [-0.2, 0) is 9.59 Å². The maximum atomic E-state index is 12.9. The lowest BCUT2D eigenvalue weighted by atomic mass is 10.1. The molecule has 0 saturated carbocycles. The summed E-state index contributed by atoms with van der Waals surface area (Å²) in [6.07, 6.45) is 3.67. The fraction of sp³-hybridized carbons (Fsp3) is 0.238. The number of piperidine rings is 1. The monoisotopic (exact) mass is 366 g/mol. The Labute approximate surface area is 157 Å². The number of benzene rings is 2. The van der Waals surface area contributed by atoms with E-state index in [4.69, 9.17) is 11.6 Å². The molecule has 4 nitrogen and oxygen atoms in total. The predicted molar refractivity (Wildman–Crippen MR) is 104 cm³/mol. The molecular formula is C21H19ClN2O2. The Morgan fingerprint density at radius 3 is 2.00 bits per heavy atom. The standard InChI is InChI=1S/C21H19ClN2O2/c22-19-18(15-7-3-1-4-8-15)20(25)24(21(19)26)17-11-9-16(10-12-17)23-13-5-2-6-14-23/h1,3-4,7-12H,2,5-6,13-14H2. The smallest absolute Gasteiger partial charge is 0.277 e. The normalized spacial score (nSPS) is 18.0. The Hall–Kier alpha value is -2.59. The zero-order valence-corrected chi connectivity index (χ0v) is 15.1. The van der Waals surface area contributed by atoms with Crippen molar-refractivity contribution in [2.75, 3.05) is 22.9 Å². The van der Waals surface area contributed by atoms with E-state index >= 15 is 0 Å². The van der Waals surface area contributed by atoms with Crippen LogP contribution in [0.1, 0.15) is 24.8 Å². The van der Waals surface area contributed by atoms with Crippen LogP contribution in [0, 0.1) is 0 Å². The van der Waals surface area contributed by atoms with Gasteiger partial charge in [-0.2, -0.15) is 0 Å². The van der Waals surface area contributed by atoms with E-state index in [9.17, 15) is 9.59 Å². The number of imide groups is 1. The van der Waals surface area contributed by atoms with E-state index in [1.165, 1.54) is 19.3 Å². The second kappa shape index (κ2) is 6.96. The molecule has 0 N–H and O–H groups in total. The predicted octanol–water partition coefficient (Wildman–Crippen LogP) is 4.20. The molecule has 0 unspecified atom stereocenters. The fourth-order valence-electron chi connectivity index (χ4n) is 3.56. The zero-order valence-electron chi connectivity index (χ0n) is 14.3. The Balaban J connectivity index is 1.61. The maximum Gasteiger partial charge on any atom is 0.277 e. The van der Waals surface area contributed by atoms with Gasteiger partial charge in [-0.3, -0.25) is 9.59 Å². The van der Waals surface area contributed by atoms with Crippen molar-refractivity contribution in [2.24, 2.45) is 0 Å². The van der Waals surface area contributed by atoms with E-state index < -0.39 is 5.91 Å². The molecule has 2 amide bonds. The number of anilines is 2. The molecule has 0 bridgehead atoms. The summed E-state index contributed by atoms with van der Waals surface area (Å²) in [7, 11) is 0. The molecule has 132 valence electrons. The molecule has 0 radical (unpaired) electrons. The van der Waals surface area contributed by atoms with E-state index in [1.54, 1.807) is 12.1 Å². The van der Waals surface area contributed by atoms with Gasteiger partial charge in [0.2, 0.25) is 0 Å². The van der Waals surface area contributed by atoms with Crippen LogP contribution in [0.4, 0.5) is 11.4 Å². The van der Waals surface area contributed by atoms with Crippen LogP contribution < -0.4 is 9.80 Å². The van der Waals surface area contributed by atoms with Crippen molar-refractivity contribution in [1.82, 2.24) is 0 Å². The minimum absolute atomic E-state index is 0.0266. The number of halogens is 1. The fourth-order valence-corrected chi connectivity index (χ4v) is 3.83. The van der Waals surface area contributed by atoms with Crippen LogP contribution in [0.3, 0.4) is 0 Å². The highest BCUT2D eigenvalue weighted by molar-refractivity contribution is 6.60. The lowest BCUT2D eigenvalue weighted by molar-refractivity contribution is -0.119. The summed E-state index contributed by atoms with van der Waals surface area (Å²) in [4.78, 5) is 28.9. The molecule has 4 rings (SSSR count). The van der Waals surface area contributed by atoms with Crippen LogP contribution in [0.15, 0.2) is 59.6 Å². The third-order valence-electron chi connectivity index (χ3n) is 4.92. The van der Waals surface area contributed by atoms with Gasteiger partial charge in [0.25, 0.3) is 11.8 Å². The molecule has 2 aliphatic rings. The topological polar surface area (TPSA) is 40.6 Å². The summed E-state index contributed by atoms with van der Waals surface area (Å²) in [5.74, 6) is -0.849. The van der Waals surface area contributed by atoms with Gasteiger partial charge in [-0.25, -0.2) is 4.90 Å². The number of hydrogen-bond donors (Lipinski definition) is 0. The maximum absolute atomic E-state index is 12.9. The highest BCUT2D eigenvalue weighted by Crippen LogP contribution is 2.35. The van der Waals surface area contributed by atoms with Crippen molar-refractivity contribution in [2.45, 2.75) is 19.3 Å². The molecule has 26 heavy (non-hydrogen) atoms. The molecule has 1 saturated heterocycles. The Morgan fingerprint density at radius 1 is 0.731 bits per heavy atom.